The first-order valence-corrected chi connectivity index (χ1v) is 7.06. The lowest BCUT2D eigenvalue weighted by Crippen LogP contribution is -2.48. The highest BCUT2D eigenvalue weighted by molar-refractivity contribution is 5.75. The van der Waals surface area contributed by atoms with E-state index in [-0.39, 0.29) is 5.92 Å². The highest BCUT2D eigenvalue weighted by Crippen LogP contribution is 2.23. The van der Waals surface area contributed by atoms with Crippen LogP contribution in [0.1, 0.15) is 41.5 Å². The molecule has 0 atom stereocenters. The van der Waals surface area contributed by atoms with Crippen molar-refractivity contribution >= 4 is 12.2 Å². The zero-order valence-electron chi connectivity index (χ0n) is 13.8. The maximum atomic E-state index is 12.2. The number of amides is 2. The second kappa shape index (κ2) is 5.95. The van der Waals surface area contributed by atoms with Crippen molar-refractivity contribution in [3.05, 3.63) is 12.7 Å². The smallest absolute Gasteiger partial charge is 0.429 e. The Labute approximate surface area is 126 Å². The Morgan fingerprint density at radius 3 is 1.52 bits per heavy atom. The number of hydrogen-bond acceptors (Lipinski definition) is 4. The van der Waals surface area contributed by atoms with E-state index in [2.05, 4.69) is 6.58 Å². The monoisotopic (exact) mass is 298 g/mol. The standard InChI is InChI=1S/C15H26N2O4/c1-8-11-9-16(12(18)20-14(2,3)4)17(10-11)13(19)21-15(5,6)7/h8,11H,1,9-10H2,2-7H3. The van der Waals surface area contributed by atoms with Crippen LogP contribution in [0, 0.1) is 5.92 Å². The normalized spacial score (nSPS) is 16.9. The fourth-order valence-electron chi connectivity index (χ4n) is 1.82. The van der Waals surface area contributed by atoms with Crippen LogP contribution in [0.2, 0.25) is 0 Å². The lowest BCUT2D eigenvalue weighted by atomic mass is 10.1. The third kappa shape index (κ3) is 5.28. The fraction of sp³-hybridized carbons (Fsp3) is 0.733. The van der Waals surface area contributed by atoms with E-state index in [1.807, 2.05) is 0 Å². The molecule has 1 aliphatic heterocycles. The van der Waals surface area contributed by atoms with Crippen molar-refractivity contribution in [2.45, 2.75) is 52.7 Å². The van der Waals surface area contributed by atoms with E-state index in [0.717, 1.165) is 0 Å². The van der Waals surface area contributed by atoms with Crippen LogP contribution < -0.4 is 0 Å². The maximum absolute atomic E-state index is 12.2. The zero-order chi connectivity index (χ0) is 16.4. The van der Waals surface area contributed by atoms with E-state index < -0.39 is 23.4 Å². The lowest BCUT2D eigenvalue weighted by Gasteiger charge is -2.31. The average Bonchev–Trinajstić information content (AvgIpc) is 2.68. The molecule has 1 aliphatic rings. The summed E-state index contributed by atoms with van der Waals surface area (Å²) in [6.45, 7) is 15.1. The Bertz CT molecular complexity index is 384. The topological polar surface area (TPSA) is 59.1 Å². The van der Waals surface area contributed by atoms with E-state index >= 15 is 0 Å². The molecule has 0 aromatic heterocycles. The lowest BCUT2D eigenvalue weighted by molar-refractivity contribution is -0.0428. The van der Waals surface area contributed by atoms with Crippen molar-refractivity contribution in [3.63, 3.8) is 0 Å². The maximum Gasteiger partial charge on any atom is 0.429 e. The SMILES string of the molecule is C=CC1CN(C(=O)OC(C)(C)C)N(C(=O)OC(C)(C)C)C1. The molecule has 0 unspecified atom stereocenters. The Balaban J connectivity index is 2.86. The molecule has 1 heterocycles. The molecule has 0 saturated carbocycles. The molecule has 1 rings (SSSR count). The number of carbonyl (C=O) groups is 2. The summed E-state index contributed by atoms with van der Waals surface area (Å²) in [7, 11) is 0. The molecule has 0 radical (unpaired) electrons. The van der Waals surface area contributed by atoms with Crippen LogP contribution in [0.5, 0.6) is 0 Å². The molecule has 0 bridgehead atoms. The van der Waals surface area contributed by atoms with Gasteiger partial charge in [0.25, 0.3) is 0 Å². The highest BCUT2D eigenvalue weighted by Gasteiger charge is 2.39. The number of rotatable bonds is 1. The Morgan fingerprint density at radius 1 is 0.952 bits per heavy atom. The summed E-state index contributed by atoms with van der Waals surface area (Å²) in [5.41, 5.74) is -1.24. The summed E-state index contributed by atoms with van der Waals surface area (Å²) in [5.74, 6) is 0.00466. The zero-order valence-corrected chi connectivity index (χ0v) is 13.8. The van der Waals surface area contributed by atoms with Crippen molar-refractivity contribution in [1.82, 2.24) is 10.0 Å². The van der Waals surface area contributed by atoms with Crippen LogP contribution in [0.4, 0.5) is 9.59 Å². The van der Waals surface area contributed by atoms with Gasteiger partial charge in [-0.3, -0.25) is 0 Å². The number of carbonyl (C=O) groups excluding carboxylic acids is 2. The summed E-state index contributed by atoms with van der Waals surface area (Å²) in [5, 5.41) is 2.57. The van der Waals surface area contributed by atoms with Gasteiger partial charge in [-0.25, -0.2) is 19.6 Å². The molecular formula is C15H26N2O4. The van der Waals surface area contributed by atoms with Gasteiger partial charge in [-0.05, 0) is 41.5 Å². The molecule has 1 fully saturated rings. The van der Waals surface area contributed by atoms with Crippen LogP contribution in [-0.4, -0.2) is 46.5 Å². The average molecular weight is 298 g/mol. The molecule has 0 aromatic carbocycles. The third-order valence-electron chi connectivity index (χ3n) is 2.65. The van der Waals surface area contributed by atoms with E-state index in [1.165, 1.54) is 10.0 Å². The Morgan fingerprint density at radius 2 is 1.29 bits per heavy atom. The van der Waals surface area contributed by atoms with Crippen LogP contribution in [0.3, 0.4) is 0 Å². The predicted octanol–water partition coefficient (Wildman–Crippen LogP) is 3.19. The van der Waals surface area contributed by atoms with Crippen molar-refractivity contribution in [1.29, 1.82) is 0 Å². The van der Waals surface area contributed by atoms with Crippen LogP contribution in [0.25, 0.3) is 0 Å². The van der Waals surface area contributed by atoms with Gasteiger partial charge in [0.15, 0.2) is 0 Å². The molecular weight excluding hydrogens is 272 g/mol. The summed E-state index contributed by atoms with van der Waals surface area (Å²) in [6.07, 6.45) is 0.609. The summed E-state index contributed by atoms with van der Waals surface area (Å²) in [6, 6.07) is 0. The molecule has 6 heteroatoms. The van der Waals surface area contributed by atoms with Crippen molar-refractivity contribution < 1.29 is 19.1 Å². The molecule has 120 valence electrons. The van der Waals surface area contributed by atoms with E-state index in [0.29, 0.717) is 13.1 Å². The van der Waals surface area contributed by atoms with E-state index in [1.54, 1.807) is 47.6 Å². The first-order chi connectivity index (χ1) is 9.43. The van der Waals surface area contributed by atoms with E-state index in [9.17, 15) is 9.59 Å². The molecule has 1 saturated heterocycles. The number of ether oxygens (including phenoxy) is 2. The minimum atomic E-state index is -0.622. The van der Waals surface area contributed by atoms with Gasteiger partial charge in [0.2, 0.25) is 0 Å². The molecule has 0 spiro atoms. The number of hydrogen-bond donors (Lipinski definition) is 0. The van der Waals surface area contributed by atoms with Gasteiger partial charge in [-0.2, -0.15) is 0 Å². The van der Waals surface area contributed by atoms with Gasteiger partial charge in [0.05, 0.1) is 13.1 Å². The summed E-state index contributed by atoms with van der Waals surface area (Å²) in [4.78, 5) is 24.4. The van der Waals surface area contributed by atoms with E-state index in [4.69, 9.17) is 9.47 Å². The van der Waals surface area contributed by atoms with Gasteiger partial charge in [-0.1, -0.05) is 6.08 Å². The van der Waals surface area contributed by atoms with Gasteiger partial charge in [0, 0.05) is 5.92 Å². The summed E-state index contributed by atoms with van der Waals surface area (Å²) < 4.78 is 10.7. The minimum Gasteiger partial charge on any atom is -0.442 e. The number of nitrogens with zero attached hydrogens (tertiary/aromatic N) is 2. The molecule has 21 heavy (non-hydrogen) atoms. The summed E-state index contributed by atoms with van der Waals surface area (Å²) >= 11 is 0. The minimum absolute atomic E-state index is 0.00466. The highest BCUT2D eigenvalue weighted by atomic mass is 16.6. The van der Waals surface area contributed by atoms with Crippen molar-refractivity contribution in [3.8, 4) is 0 Å². The third-order valence-corrected chi connectivity index (χ3v) is 2.65. The Kier molecular flexibility index (Phi) is 4.91. The van der Waals surface area contributed by atoms with Gasteiger partial charge in [-0.15, -0.1) is 6.58 Å². The predicted molar refractivity (Wildman–Crippen MR) is 79.6 cm³/mol. The first kappa shape index (κ1) is 17.3. The Hall–Kier alpha value is -1.72. The quantitative estimate of drug-likeness (QED) is 0.698. The van der Waals surface area contributed by atoms with Crippen LogP contribution in [0.15, 0.2) is 12.7 Å². The molecule has 6 nitrogen and oxygen atoms in total. The van der Waals surface area contributed by atoms with Crippen LogP contribution >= 0.6 is 0 Å². The fourth-order valence-corrected chi connectivity index (χ4v) is 1.82. The van der Waals surface area contributed by atoms with Crippen LogP contribution in [-0.2, 0) is 9.47 Å². The largest absolute Gasteiger partial charge is 0.442 e. The second-order valence-corrected chi connectivity index (χ2v) is 7.12. The molecule has 0 N–H and O–H groups in total. The van der Waals surface area contributed by atoms with Crippen molar-refractivity contribution in [2.75, 3.05) is 13.1 Å². The van der Waals surface area contributed by atoms with Crippen molar-refractivity contribution in [2.24, 2.45) is 5.92 Å². The van der Waals surface area contributed by atoms with Gasteiger partial charge < -0.3 is 9.47 Å². The molecule has 0 aromatic rings. The second-order valence-electron chi connectivity index (χ2n) is 7.12. The number of hydrazine groups is 1. The van der Waals surface area contributed by atoms with Gasteiger partial charge >= 0.3 is 12.2 Å². The first-order valence-electron chi connectivity index (χ1n) is 7.06. The molecule has 2 amide bonds. The van der Waals surface area contributed by atoms with Gasteiger partial charge in [0.1, 0.15) is 11.2 Å². The molecule has 0 aliphatic carbocycles.